The zero-order valence-electron chi connectivity index (χ0n) is 7.77. The van der Waals surface area contributed by atoms with Crippen molar-refractivity contribution in [1.29, 1.82) is 0 Å². The molecule has 0 aliphatic heterocycles. The molecule has 0 aliphatic rings. The van der Waals surface area contributed by atoms with E-state index in [0.29, 0.717) is 0 Å². The Bertz CT molecular complexity index is 393. The van der Waals surface area contributed by atoms with Gasteiger partial charge in [-0.2, -0.15) is 0 Å². The molecule has 5 nitrogen and oxygen atoms in total. The monoisotopic (exact) mass is 230 g/mol. The van der Waals surface area contributed by atoms with E-state index in [1.54, 1.807) is 0 Å². The van der Waals surface area contributed by atoms with E-state index >= 15 is 0 Å². The number of benzene rings is 1. The van der Waals surface area contributed by atoms with Crippen LogP contribution in [-0.2, 0) is 0 Å². The maximum atomic E-state index is 10.7. The molecule has 0 fully saturated rings. The lowest BCUT2D eigenvalue weighted by Crippen LogP contribution is -2.32. The third-order valence-electron chi connectivity index (χ3n) is 1.80. The summed E-state index contributed by atoms with van der Waals surface area (Å²) in [5.41, 5.74) is -0.216. The third kappa shape index (κ3) is 2.41. The van der Waals surface area contributed by atoms with Gasteiger partial charge in [-0.25, -0.2) is 4.79 Å². The van der Waals surface area contributed by atoms with E-state index in [2.05, 4.69) is 0 Å². The van der Waals surface area contributed by atoms with Gasteiger partial charge < -0.3 is 19.9 Å². The SMILES string of the molecule is COc1c(Cl)cc(C(=O)O)cc1B(O)O. The molecule has 0 atom stereocenters. The average Bonchev–Trinajstić information content (AvgIpc) is 2.16. The smallest absolute Gasteiger partial charge is 0.492 e. The highest BCUT2D eigenvalue weighted by Gasteiger charge is 2.22. The van der Waals surface area contributed by atoms with Gasteiger partial charge in [-0.05, 0) is 12.1 Å². The normalized spacial score (nSPS) is 9.87. The molecular weight excluding hydrogens is 222 g/mol. The Balaban J connectivity index is 3.38. The molecule has 3 N–H and O–H groups in total. The van der Waals surface area contributed by atoms with Crippen LogP contribution in [0.2, 0.25) is 5.02 Å². The molecule has 0 aliphatic carbocycles. The molecule has 1 rings (SSSR count). The Morgan fingerprint density at radius 2 is 2.07 bits per heavy atom. The summed E-state index contributed by atoms with van der Waals surface area (Å²) in [5.74, 6) is -1.15. The largest absolute Gasteiger partial charge is 0.496 e. The van der Waals surface area contributed by atoms with Crippen LogP contribution in [-0.4, -0.2) is 35.4 Å². The minimum absolute atomic E-state index is 0.0144. The minimum Gasteiger partial charge on any atom is -0.496 e. The van der Waals surface area contributed by atoms with Gasteiger partial charge in [-0.15, -0.1) is 0 Å². The fourth-order valence-corrected chi connectivity index (χ4v) is 1.45. The fraction of sp³-hybridized carbons (Fsp3) is 0.125. The minimum atomic E-state index is -1.84. The Hall–Kier alpha value is -1.24. The van der Waals surface area contributed by atoms with Crippen LogP contribution >= 0.6 is 11.6 Å². The van der Waals surface area contributed by atoms with Crippen LogP contribution < -0.4 is 10.2 Å². The lowest BCUT2D eigenvalue weighted by Gasteiger charge is -2.10. The second kappa shape index (κ2) is 4.52. The van der Waals surface area contributed by atoms with Crippen LogP contribution in [0, 0.1) is 0 Å². The second-order valence-corrected chi connectivity index (χ2v) is 3.17. The van der Waals surface area contributed by atoms with Crippen molar-refractivity contribution in [2.45, 2.75) is 0 Å². The van der Waals surface area contributed by atoms with E-state index in [4.69, 9.17) is 31.5 Å². The van der Waals surface area contributed by atoms with Crippen molar-refractivity contribution < 1.29 is 24.7 Å². The van der Waals surface area contributed by atoms with E-state index in [1.807, 2.05) is 0 Å². The van der Waals surface area contributed by atoms with Gasteiger partial charge in [0.25, 0.3) is 0 Å². The summed E-state index contributed by atoms with van der Waals surface area (Å²) < 4.78 is 4.83. The molecule has 0 heterocycles. The molecule has 0 saturated carbocycles. The summed E-state index contributed by atoms with van der Waals surface area (Å²) in [6.07, 6.45) is 0. The van der Waals surface area contributed by atoms with Crippen molar-refractivity contribution in [3.05, 3.63) is 22.7 Å². The number of ether oxygens (including phenoxy) is 1. The van der Waals surface area contributed by atoms with Gasteiger partial charge in [0.05, 0.1) is 17.7 Å². The molecule has 7 heteroatoms. The first-order valence-corrected chi connectivity index (χ1v) is 4.32. The number of halogens is 1. The molecule has 0 bridgehead atoms. The number of methoxy groups -OCH3 is 1. The highest BCUT2D eigenvalue weighted by Crippen LogP contribution is 2.23. The number of hydrogen-bond donors (Lipinski definition) is 3. The fourth-order valence-electron chi connectivity index (χ4n) is 1.15. The Kier molecular flexibility index (Phi) is 3.57. The van der Waals surface area contributed by atoms with Crippen LogP contribution in [0.15, 0.2) is 12.1 Å². The molecule has 80 valence electrons. The summed E-state index contributed by atoms with van der Waals surface area (Å²) in [6.45, 7) is 0. The van der Waals surface area contributed by atoms with Gasteiger partial charge in [0.15, 0.2) is 0 Å². The van der Waals surface area contributed by atoms with Crippen molar-refractivity contribution in [1.82, 2.24) is 0 Å². The van der Waals surface area contributed by atoms with E-state index in [9.17, 15) is 4.79 Å². The Labute approximate surface area is 91.0 Å². The lowest BCUT2D eigenvalue weighted by atomic mass is 9.78. The molecule has 0 radical (unpaired) electrons. The zero-order valence-corrected chi connectivity index (χ0v) is 8.52. The molecule has 0 saturated heterocycles. The summed E-state index contributed by atoms with van der Waals surface area (Å²) >= 11 is 5.71. The van der Waals surface area contributed by atoms with Crippen molar-refractivity contribution >= 4 is 30.2 Å². The van der Waals surface area contributed by atoms with Gasteiger partial charge in [-0.1, -0.05) is 11.6 Å². The first kappa shape index (κ1) is 11.8. The van der Waals surface area contributed by atoms with Crippen molar-refractivity contribution in [3.63, 3.8) is 0 Å². The van der Waals surface area contributed by atoms with Crippen LogP contribution in [0.25, 0.3) is 0 Å². The van der Waals surface area contributed by atoms with Crippen LogP contribution in [0.5, 0.6) is 5.75 Å². The molecule has 0 spiro atoms. The number of carboxylic acids is 1. The van der Waals surface area contributed by atoms with Crippen LogP contribution in [0.4, 0.5) is 0 Å². The van der Waals surface area contributed by atoms with E-state index in [1.165, 1.54) is 13.2 Å². The number of rotatable bonds is 3. The summed E-state index contributed by atoms with van der Waals surface area (Å²) in [7, 11) is -0.537. The Morgan fingerprint density at radius 3 is 2.47 bits per heavy atom. The van der Waals surface area contributed by atoms with E-state index < -0.39 is 13.1 Å². The predicted octanol–water partition coefficient (Wildman–Crippen LogP) is -0.273. The van der Waals surface area contributed by atoms with Gasteiger partial charge in [0.1, 0.15) is 5.75 Å². The summed E-state index contributed by atoms with van der Waals surface area (Å²) in [5, 5.41) is 26.7. The van der Waals surface area contributed by atoms with Gasteiger partial charge in [-0.3, -0.25) is 0 Å². The number of carboxylic acid groups (broad SMARTS) is 1. The lowest BCUT2D eigenvalue weighted by molar-refractivity contribution is 0.0697. The van der Waals surface area contributed by atoms with Gasteiger partial charge in [0.2, 0.25) is 0 Å². The Morgan fingerprint density at radius 1 is 1.47 bits per heavy atom. The average molecular weight is 230 g/mol. The second-order valence-electron chi connectivity index (χ2n) is 2.76. The quantitative estimate of drug-likeness (QED) is 0.622. The number of aromatic carboxylic acids is 1. The maximum Gasteiger partial charge on any atom is 0.492 e. The topological polar surface area (TPSA) is 87.0 Å². The number of hydrogen-bond acceptors (Lipinski definition) is 4. The van der Waals surface area contributed by atoms with Crippen molar-refractivity contribution in [2.24, 2.45) is 0 Å². The molecular formula is C8H8BClO5. The summed E-state index contributed by atoms with van der Waals surface area (Å²) in [4.78, 5) is 10.7. The molecule has 1 aromatic carbocycles. The molecule has 0 amide bonds. The zero-order chi connectivity index (χ0) is 11.6. The van der Waals surface area contributed by atoms with Crippen molar-refractivity contribution in [2.75, 3.05) is 7.11 Å². The van der Waals surface area contributed by atoms with Crippen molar-refractivity contribution in [3.8, 4) is 5.75 Å². The molecule has 0 aromatic heterocycles. The third-order valence-corrected chi connectivity index (χ3v) is 2.08. The first-order valence-electron chi connectivity index (χ1n) is 3.94. The first-order chi connectivity index (χ1) is 6.97. The number of carbonyl (C=O) groups is 1. The summed E-state index contributed by atoms with van der Waals surface area (Å²) in [6, 6.07) is 2.27. The van der Waals surface area contributed by atoms with Gasteiger partial charge >= 0.3 is 13.1 Å². The highest BCUT2D eigenvalue weighted by molar-refractivity contribution is 6.60. The predicted molar refractivity (Wildman–Crippen MR) is 54.8 cm³/mol. The van der Waals surface area contributed by atoms with E-state index in [0.717, 1.165) is 6.07 Å². The molecule has 1 aromatic rings. The van der Waals surface area contributed by atoms with E-state index in [-0.39, 0.29) is 21.8 Å². The molecule has 0 unspecified atom stereocenters. The maximum absolute atomic E-state index is 10.7. The van der Waals surface area contributed by atoms with Gasteiger partial charge in [0, 0.05) is 5.46 Å². The standard InChI is InChI=1S/C8H8BClO5/c1-15-7-5(9(13)14)2-4(8(11)12)3-6(7)10/h2-3,13-14H,1H3,(H,11,12). The highest BCUT2D eigenvalue weighted by atomic mass is 35.5. The van der Waals surface area contributed by atoms with Crippen LogP contribution in [0.1, 0.15) is 10.4 Å². The van der Waals surface area contributed by atoms with Crippen LogP contribution in [0.3, 0.4) is 0 Å². The molecule has 15 heavy (non-hydrogen) atoms.